The van der Waals surface area contributed by atoms with Crippen molar-refractivity contribution in [3.63, 3.8) is 0 Å². The SMILES string of the molecule is Cc1cc(C(NN)c2cc3cccc(Cl)c3o2)cc(C)n1. The summed E-state index contributed by atoms with van der Waals surface area (Å²) in [6.07, 6.45) is 0. The number of nitrogens with zero attached hydrogens (tertiary/aromatic N) is 1. The Labute approximate surface area is 127 Å². The fraction of sp³-hybridized carbons (Fsp3) is 0.188. The molecule has 5 heteroatoms. The monoisotopic (exact) mass is 301 g/mol. The zero-order valence-corrected chi connectivity index (χ0v) is 12.6. The van der Waals surface area contributed by atoms with Crippen molar-refractivity contribution < 1.29 is 4.42 Å². The number of nitrogens with two attached hydrogens (primary N) is 1. The number of nitrogens with one attached hydrogen (secondary N) is 1. The van der Waals surface area contributed by atoms with Crippen molar-refractivity contribution in [3.8, 4) is 0 Å². The van der Waals surface area contributed by atoms with E-state index in [0.717, 1.165) is 28.1 Å². The molecule has 3 rings (SSSR count). The van der Waals surface area contributed by atoms with Crippen LogP contribution in [0.2, 0.25) is 5.02 Å². The molecular formula is C16H16ClN3O. The summed E-state index contributed by atoms with van der Waals surface area (Å²) in [4.78, 5) is 4.38. The molecule has 0 amide bonds. The number of benzene rings is 1. The maximum absolute atomic E-state index is 6.16. The highest BCUT2D eigenvalue weighted by Crippen LogP contribution is 2.31. The number of furan rings is 1. The summed E-state index contributed by atoms with van der Waals surface area (Å²) in [6, 6.07) is 11.4. The second-order valence-corrected chi connectivity index (χ2v) is 5.50. The first-order valence-corrected chi connectivity index (χ1v) is 7.05. The van der Waals surface area contributed by atoms with Gasteiger partial charge in [-0.1, -0.05) is 23.7 Å². The van der Waals surface area contributed by atoms with E-state index in [-0.39, 0.29) is 6.04 Å². The maximum Gasteiger partial charge on any atom is 0.152 e. The Morgan fingerprint density at radius 2 is 1.90 bits per heavy atom. The van der Waals surface area contributed by atoms with Gasteiger partial charge in [0, 0.05) is 16.8 Å². The van der Waals surface area contributed by atoms with Crippen LogP contribution in [-0.2, 0) is 0 Å². The van der Waals surface area contributed by atoms with Crippen LogP contribution in [-0.4, -0.2) is 4.98 Å². The van der Waals surface area contributed by atoms with Gasteiger partial charge in [-0.05, 0) is 43.7 Å². The smallest absolute Gasteiger partial charge is 0.152 e. The molecule has 2 heterocycles. The first-order valence-electron chi connectivity index (χ1n) is 6.68. The van der Waals surface area contributed by atoms with Gasteiger partial charge in [0.2, 0.25) is 0 Å². The molecule has 1 unspecified atom stereocenters. The van der Waals surface area contributed by atoms with Gasteiger partial charge in [-0.3, -0.25) is 10.8 Å². The number of hydrogen-bond acceptors (Lipinski definition) is 4. The molecule has 3 aromatic rings. The number of pyridine rings is 1. The minimum absolute atomic E-state index is 0.242. The van der Waals surface area contributed by atoms with Gasteiger partial charge >= 0.3 is 0 Å². The number of hydrazine groups is 1. The molecule has 0 fully saturated rings. The predicted octanol–water partition coefficient (Wildman–Crippen LogP) is 3.65. The van der Waals surface area contributed by atoms with E-state index in [2.05, 4.69) is 10.4 Å². The normalized spacial score (nSPS) is 12.8. The van der Waals surface area contributed by atoms with E-state index in [1.54, 1.807) is 0 Å². The zero-order valence-electron chi connectivity index (χ0n) is 11.9. The molecule has 1 aromatic carbocycles. The van der Waals surface area contributed by atoms with Crippen molar-refractivity contribution in [2.24, 2.45) is 5.84 Å². The first-order chi connectivity index (χ1) is 10.1. The third kappa shape index (κ3) is 2.65. The van der Waals surface area contributed by atoms with E-state index in [4.69, 9.17) is 21.9 Å². The Kier molecular flexibility index (Phi) is 3.68. The molecule has 0 aliphatic heterocycles. The van der Waals surface area contributed by atoms with Gasteiger partial charge in [0.25, 0.3) is 0 Å². The summed E-state index contributed by atoms with van der Waals surface area (Å²) >= 11 is 6.16. The van der Waals surface area contributed by atoms with Crippen LogP contribution in [0, 0.1) is 13.8 Å². The van der Waals surface area contributed by atoms with Crippen LogP contribution in [0.5, 0.6) is 0 Å². The van der Waals surface area contributed by atoms with Crippen LogP contribution in [0.4, 0.5) is 0 Å². The van der Waals surface area contributed by atoms with E-state index in [9.17, 15) is 0 Å². The minimum atomic E-state index is -0.242. The number of halogens is 1. The molecule has 2 aromatic heterocycles. The molecule has 0 bridgehead atoms. The van der Waals surface area contributed by atoms with Crippen LogP contribution < -0.4 is 11.3 Å². The molecule has 0 spiro atoms. The number of rotatable bonds is 3. The highest BCUT2D eigenvalue weighted by Gasteiger charge is 2.19. The van der Waals surface area contributed by atoms with Gasteiger partial charge < -0.3 is 4.42 Å². The Hall–Kier alpha value is -1.88. The van der Waals surface area contributed by atoms with Crippen molar-refractivity contribution in [3.05, 3.63) is 64.1 Å². The molecule has 0 aliphatic rings. The van der Waals surface area contributed by atoms with E-state index in [1.165, 1.54) is 0 Å². The number of fused-ring (bicyclic) bond motifs is 1. The summed E-state index contributed by atoms with van der Waals surface area (Å²) in [6.45, 7) is 3.92. The van der Waals surface area contributed by atoms with Gasteiger partial charge in [0.05, 0.1) is 5.02 Å². The summed E-state index contributed by atoms with van der Waals surface area (Å²) in [7, 11) is 0. The van der Waals surface area contributed by atoms with Crippen molar-refractivity contribution in [2.75, 3.05) is 0 Å². The van der Waals surface area contributed by atoms with Crippen LogP contribution in [0.3, 0.4) is 0 Å². The second-order valence-electron chi connectivity index (χ2n) is 5.09. The third-order valence-corrected chi connectivity index (χ3v) is 3.70. The van der Waals surface area contributed by atoms with Crippen LogP contribution in [0.15, 0.2) is 40.8 Å². The van der Waals surface area contributed by atoms with E-state index < -0.39 is 0 Å². The van der Waals surface area contributed by atoms with Crippen molar-refractivity contribution in [1.82, 2.24) is 10.4 Å². The number of hydrogen-bond donors (Lipinski definition) is 2. The van der Waals surface area contributed by atoms with Crippen molar-refractivity contribution in [1.29, 1.82) is 0 Å². The molecule has 0 saturated heterocycles. The van der Waals surface area contributed by atoms with Crippen molar-refractivity contribution >= 4 is 22.6 Å². The lowest BCUT2D eigenvalue weighted by atomic mass is 10.0. The maximum atomic E-state index is 6.16. The molecule has 4 nitrogen and oxygen atoms in total. The molecule has 0 radical (unpaired) electrons. The second kappa shape index (κ2) is 5.48. The van der Waals surface area contributed by atoms with Crippen LogP contribution in [0.25, 0.3) is 11.0 Å². The fourth-order valence-corrected chi connectivity index (χ4v) is 2.79. The molecule has 1 atom stereocenters. The first kappa shape index (κ1) is 14.1. The lowest BCUT2D eigenvalue weighted by Crippen LogP contribution is -2.28. The highest BCUT2D eigenvalue weighted by atomic mass is 35.5. The van der Waals surface area contributed by atoms with Crippen LogP contribution in [0.1, 0.15) is 28.8 Å². The summed E-state index contributed by atoms with van der Waals surface area (Å²) < 4.78 is 5.89. The average Bonchev–Trinajstić information content (AvgIpc) is 2.83. The van der Waals surface area contributed by atoms with Crippen molar-refractivity contribution in [2.45, 2.75) is 19.9 Å². The van der Waals surface area contributed by atoms with Gasteiger partial charge in [-0.15, -0.1) is 0 Å². The summed E-state index contributed by atoms with van der Waals surface area (Å²) in [5, 5.41) is 1.55. The van der Waals surface area contributed by atoms with E-state index >= 15 is 0 Å². The third-order valence-electron chi connectivity index (χ3n) is 3.40. The fourth-order valence-electron chi connectivity index (χ4n) is 2.57. The molecular weight excluding hydrogens is 286 g/mol. The minimum Gasteiger partial charge on any atom is -0.457 e. The zero-order chi connectivity index (χ0) is 15.0. The summed E-state index contributed by atoms with van der Waals surface area (Å²) in [5.41, 5.74) is 6.38. The Balaban J connectivity index is 2.11. The topological polar surface area (TPSA) is 64.1 Å². The summed E-state index contributed by atoms with van der Waals surface area (Å²) in [5.74, 6) is 6.46. The van der Waals surface area contributed by atoms with Gasteiger partial charge in [-0.25, -0.2) is 5.43 Å². The van der Waals surface area contributed by atoms with E-state index in [1.807, 2.05) is 50.2 Å². The molecule has 0 saturated carbocycles. The van der Waals surface area contributed by atoms with Gasteiger partial charge in [0.15, 0.2) is 5.58 Å². The van der Waals surface area contributed by atoms with Gasteiger partial charge in [0.1, 0.15) is 11.8 Å². The van der Waals surface area contributed by atoms with Crippen LogP contribution >= 0.6 is 11.6 Å². The quantitative estimate of drug-likeness (QED) is 0.572. The number of para-hydroxylation sites is 1. The number of aryl methyl sites for hydroxylation is 2. The largest absolute Gasteiger partial charge is 0.457 e. The molecule has 0 aliphatic carbocycles. The Morgan fingerprint density at radius 3 is 2.52 bits per heavy atom. The highest BCUT2D eigenvalue weighted by molar-refractivity contribution is 6.34. The van der Waals surface area contributed by atoms with Gasteiger partial charge in [-0.2, -0.15) is 0 Å². The lowest BCUT2D eigenvalue weighted by Gasteiger charge is -2.14. The molecule has 21 heavy (non-hydrogen) atoms. The average molecular weight is 302 g/mol. The number of aromatic nitrogens is 1. The molecule has 3 N–H and O–H groups in total. The molecule has 108 valence electrons. The predicted molar refractivity (Wildman–Crippen MR) is 84.1 cm³/mol. The lowest BCUT2D eigenvalue weighted by molar-refractivity contribution is 0.477. The standard InChI is InChI=1S/C16H16ClN3O/c1-9-6-12(7-10(2)19-9)15(20-18)14-8-11-4-3-5-13(17)16(11)21-14/h3-8,15,20H,18H2,1-2H3. The van der Waals surface area contributed by atoms with E-state index in [0.29, 0.717) is 10.6 Å². The Bertz CT molecular complexity index is 777. The Morgan fingerprint density at radius 1 is 1.19 bits per heavy atom.